The van der Waals surface area contributed by atoms with Crippen molar-refractivity contribution in [3.63, 3.8) is 0 Å². The molecular formula is C15H19NO2. The van der Waals surface area contributed by atoms with Crippen molar-refractivity contribution in [2.45, 2.75) is 26.0 Å². The van der Waals surface area contributed by atoms with Crippen LogP contribution in [0.5, 0.6) is 5.75 Å². The predicted octanol–water partition coefficient (Wildman–Crippen LogP) is 2.45. The van der Waals surface area contributed by atoms with Gasteiger partial charge in [0, 0.05) is 18.5 Å². The van der Waals surface area contributed by atoms with Gasteiger partial charge < -0.3 is 15.6 Å². The molecule has 0 bridgehead atoms. The maximum Gasteiger partial charge on any atom is 0.124 e. The lowest BCUT2D eigenvalue weighted by Gasteiger charge is -2.13. The molecule has 1 atom stereocenters. The van der Waals surface area contributed by atoms with Crippen LogP contribution in [0.4, 0.5) is 0 Å². The lowest BCUT2D eigenvalue weighted by Crippen LogP contribution is -2.09. The third kappa shape index (κ3) is 2.81. The van der Waals surface area contributed by atoms with Gasteiger partial charge in [0.1, 0.15) is 5.75 Å². The minimum Gasteiger partial charge on any atom is -0.493 e. The zero-order valence-electron chi connectivity index (χ0n) is 10.6. The molecule has 0 heterocycles. The topological polar surface area (TPSA) is 55.5 Å². The third-order valence-electron chi connectivity index (χ3n) is 2.99. The quantitative estimate of drug-likeness (QED) is 0.850. The number of fused-ring (bicyclic) bond motifs is 1. The zero-order valence-corrected chi connectivity index (χ0v) is 10.6. The molecule has 0 fully saturated rings. The van der Waals surface area contributed by atoms with Crippen LogP contribution in [0.25, 0.3) is 10.8 Å². The van der Waals surface area contributed by atoms with Gasteiger partial charge in [-0.3, -0.25) is 0 Å². The number of aliphatic hydroxyl groups is 1. The van der Waals surface area contributed by atoms with E-state index in [0.29, 0.717) is 19.6 Å². The number of benzene rings is 2. The maximum absolute atomic E-state index is 9.22. The van der Waals surface area contributed by atoms with Crippen LogP contribution in [0.15, 0.2) is 36.4 Å². The summed E-state index contributed by atoms with van der Waals surface area (Å²) in [7, 11) is 0. The second kappa shape index (κ2) is 5.85. The zero-order chi connectivity index (χ0) is 13.0. The van der Waals surface area contributed by atoms with E-state index in [9.17, 15) is 5.11 Å². The normalized spacial score (nSPS) is 12.6. The average molecular weight is 245 g/mol. The van der Waals surface area contributed by atoms with Crippen molar-refractivity contribution in [3.05, 3.63) is 42.0 Å². The number of rotatable bonds is 5. The van der Waals surface area contributed by atoms with Crippen molar-refractivity contribution in [1.82, 2.24) is 0 Å². The van der Waals surface area contributed by atoms with Crippen LogP contribution in [0.3, 0.4) is 0 Å². The van der Waals surface area contributed by atoms with Crippen LogP contribution >= 0.6 is 0 Å². The molecule has 0 aliphatic carbocycles. The molecule has 96 valence electrons. The summed E-state index contributed by atoms with van der Waals surface area (Å²) in [6.45, 7) is 2.71. The predicted molar refractivity (Wildman–Crippen MR) is 73.6 cm³/mol. The average Bonchev–Trinajstić information content (AvgIpc) is 2.38. The fourth-order valence-electron chi connectivity index (χ4n) is 2.00. The Balaban J connectivity index is 2.27. The second-order valence-electron chi connectivity index (χ2n) is 4.45. The summed E-state index contributed by atoms with van der Waals surface area (Å²) < 4.78 is 5.71. The van der Waals surface area contributed by atoms with Crippen LogP contribution in [-0.4, -0.2) is 17.8 Å². The monoisotopic (exact) mass is 245 g/mol. The first-order chi connectivity index (χ1) is 8.72. The van der Waals surface area contributed by atoms with E-state index in [4.69, 9.17) is 10.5 Å². The molecule has 3 N–H and O–H groups in total. The number of hydrogen-bond acceptors (Lipinski definition) is 3. The molecule has 0 aliphatic heterocycles. The summed E-state index contributed by atoms with van der Waals surface area (Å²) >= 11 is 0. The van der Waals surface area contributed by atoms with E-state index < -0.39 is 0 Å². The van der Waals surface area contributed by atoms with Crippen LogP contribution in [-0.2, 0) is 6.54 Å². The molecule has 0 saturated carbocycles. The van der Waals surface area contributed by atoms with Crippen LogP contribution in [0.2, 0.25) is 0 Å². The highest BCUT2D eigenvalue weighted by atomic mass is 16.5. The highest BCUT2D eigenvalue weighted by molar-refractivity contribution is 5.87. The Morgan fingerprint density at radius 1 is 1.22 bits per heavy atom. The van der Waals surface area contributed by atoms with Crippen LogP contribution < -0.4 is 10.5 Å². The van der Waals surface area contributed by atoms with Gasteiger partial charge in [-0.25, -0.2) is 0 Å². The Morgan fingerprint density at radius 2 is 2.00 bits per heavy atom. The smallest absolute Gasteiger partial charge is 0.124 e. The Morgan fingerprint density at radius 3 is 2.72 bits per heavy atom. The summed E-state index contributed by atoms with van der Waals surface area (Å²) in [5, 5.41) is 11.5. The van der Waals surface area contributed by atoms with E-state index in [1.165, 1.54) is 5.39 Å². The lowest BCUT2D eigenvalue weighted by atomic mass is 10.0. The molecule has 0 aromatic heterocycles. The molecule has 0 saturated heterocycles. The molecule has 2 aromatic carbocycles. The first-order valence-electron chi connectivity index (χ1n) is 6.24. The highest BCUT2D eigenvalue weighted by Gasteiger charge is 2.07. The van der Waals surface area contributed by atoms with Crippen LogP contribution in [0, 0.1) is 0 Å². The van der Waals surface area contributed by atoms with E-state index in [-0.39, 0.29) is 6.10 Å². The van der Waals surface area contributed by atoms with Crippen LogP contribution in [0.1, 0.15) is 18.9 Å². The van der Waals surface area contributed by atoms with E-state index >= 15 is 0 Å². The third-order valence-corrected chi connectivity index (χ3v) is 2.99. The Hall–Kier alpha value is -1.58. The summed E-state index contributed by atoms with van der Waals surface area (Å²) in [5.74, 6) is 0.817. The van der Waals surface area contributed by atoms with Gasteiger partial charge in [-0.2, -0.15) is 0 Å². The summed E-state index contributed by atoms with van der Waals surface area (Å²) in [6.07, 6.45) is 0.281. The molecule has 3 nitrogen and oxygen atoms in total. The van der Waals surface area contributed by atoms with Crippen molar-refractivity contribution in [3.8, 4) is 5.75 Å². The first kappa shape index (κ1) is 12.9. The fraction of sp³-hybridized carbons (Fsp3) is 0.333. The first-order valence-corrected chi connectivity index (χ1v) is 6.24. The SMILES string of the molecule is CC(O)CCOc1ccc2ccccc2c1CN. The second-order valence-corrected chi connectivity index (χ2v) is 4.45. The minimum atomic E-state index is -0.341. The number of ether oxygens (including phenoxy) is 1. The van der Waals surface area contributed by atoms with Crippen molar-refractivity contribution in [2.75, 3.05) is 6.61 Å². The van der Waals surface area contributed by atoms with Gasteiger partial charge >= 0.3 is 0 Å². The van der Waals surface area contributed by atoms with Gasteiger partial charge in [-0.1, -0.05) is 30.3 Å². The number of aliphatic hydroxyl groups excluding tert-OH is 1. The molecule has 2 aromatic rings. The number of nitrogens with two attached hydrogens (primary N) is 1. The van der Waals surface area contributed by atoms with E-state index in [1.807, 2.05) is 24.3 Å². The van der Waals surface area contributed by atoms with Gasteiger partial charge in [-0.05, 0) is 23.8 Å². The highest BCUT2D eigenvalue weighted by Crippen LogP contribution is 2.27. The molecule has 3 heteroatoms. The van der Waals surface area contributed by atoms with Crippen molar-refractivity contribution < 1.29 is 9.84 Å². The van der Waals surface area contributed by atoms with Gasteiger partial charge in [0.15, 0.2) is 0 Å². The molecule has 1 unspecified atom stereocenters. The van der Waals surface area contributed by atoms with Gasteiger partial charge in [0.2, 0.25) is 0 Å². The molecular weight excluding hydrogens is 226 g/mol. The van der Waals surface area contributed by atoms with Crippen molar-refractivity contribution >= 4 is 10.8 Å². The van der Waals surface area contributed by atoms with Gasteiger partial charge in [-0.15, -0.1) is 0 Å². The van der Waals surface area contributed by atoms with Crippen molar-refractivity contribution in [2.24, 2.45) is 5.73 Å². The molecule has 0 radical (unpaired) electrons. The summed E-state index contributed by atoms with van der Waals surface area (Å²) in [5.41, 5.74) is 6.85. The van der Waals surface area contributed by atoms with Gasteiger partial charge in [0.05, 0.1) is 12.7 Å². The molecule has 0 amide bonds. The fourth-order valence-corrected chi connectivity index (χ4v) is 2.00. The van der Waals surface area contributed by atoms with E-state index in [0.717, 1.165) is 16.7 Å². The lowest BCUT2D eigenvalue weighted by molar-refractivity contribution is 0.155. The molecule has 0 spiro atoms. The molecule has 18 heavy (non-hydrogen) atoms. The van der Waals surface area contributed by atoms with E-state index in [2.05, 4.69) is 12.1 Å². The van der Waals surface area contributed by atoms with E-state index in [1.54, 1.807) is 6.92 Å². The Labute approximate surface area is 107 Å². The Kier molecular flexibility index (Phi) is 4.18. The number of hydrogen-bond donors (Lipinski definition) is 2. The largest absolute Gasteiger partial charge is 0.493 e. The standard InChI is InChI=1S/C15H19NO2/c1-11(17)8-9-18-15-7-6-12-4-2-3-5-13(12)14(15)10-16/h2-7,11,17H,8-10,16H2,1H3. The molecule has 2 rings (SSSR count). The van der Waals surface area contributed by atoms with Crippen molar-refractivity contribution in [1.29, 1.82) is 0 Å². The summed E-state index contributed by atoms with van der Waals surface area (Å²) in [6, 6.07) is 12.1. The maximum atomic E-state index is 9.22. The Bertz CT molecular complexity index is 523. The van der Waals surface area contributed by atoms with Gasteiger partial charge in [0.25, 0.3) is 0 Å². The molecule has 0 aliphatic rings. The summed E-state index contributed by atoms with van der Waals surface area (Å²) in [4.78, 5) is 0. The minimum absolute atomic E-state index is 0.341.